The number of halogens is 3. The summed E-state index contributed by atoms with van der Waals surface area (Å²) in [7, 11) is 0. The Labute approximate surface area is 126 Å². The van der Waals surface area contributed by atoms with Gasteiger partial charge in [-0.25, -0.2) is 9.97 Å². The maximum atomic E-state index is 12.5. The summed E-state index contributed by atoms with van der Waals surface area (Å²) in [5, 5.41) is 0.144. The van der Waals surface area contributed by atoms with E-state index in [1.54, 1.807) is 0 Å². The minimum absolute atomic E-state index is 0.144. The highest BCUT2D eigenvalue weighted by molar-refractivity contribution is 7.99. The molecule has 1 heterocycles. The molecule has 0 amide bonds. The molecule has 1 aliphatic carbocycles. The van der Waals surface area contributed by atoms with Gasteiger partial charge in [0.2, 0.25) is 0 Å². The summed E-state index contributed by atoms with van der Waals surface area (Å²) < 4.78 is 43.4. The molecule has 0 N–H and O–H groups in total. The third-order valence-corrected chi connectivity index (χ3v) is 4.43. The summed E-state index contributed by atoms with van der Waals surface area (Å²) in [6, 6.07) is 0.879. The fourth-order valence-corrected chi connectivity index (χ4v) is 3.09. The Kier molecular flexibility index (Phi) is 5.87. The first-order chi connectivity index (χ1) is 9.97. The van der Waals surface area contributed by atoms with Gasteiger partial charge >= 0.3 is 6.18 Å². The number of hydrogen-bond acceptors (Lipinski definition) is 4. The number of hydrogen-bond donors (Lipinski definition) is 0. The molecule has 1 aliphatic rings. The zero-order valence-corrected chi connectivity index (χ0v) is 12.7. The Bertz CT molecular complexity index is 456. The molecule has 2 unspecified atom stereocenters. The molecule has 0 aliphatic heterocycles. The molecule has 0 aromatic carbocycles. The highest BCUT2D eigenvalue weighted by Crippen LogP contribution is 2.29. The normalized spacial score (nSPS) is 23.2. The molecule has 7 heteroatoms. The maximum absolute atomic E-state index is 12.5. The van der Waals surface area contributed by atoms with Crippen molar-refractivity contribution in [2.45, 2.75) is 50.0 Å². The van der Waals surface area contributed by atoms with Crippen molar-refractivity contribution in [1.29, 1.82) is 0 Å². The molecule has 0 saturated heterocycles. The Balaban J connectivity index is 1.76. The van der Waals surface area contributed by atoms with Gasteiger partial charge in [-0.05, 0) is 24.8 Å². The first kappa shape index (κ1) is 16.5. The van der Waals surface area contributed by atoms with Crippen LogP contribution in [0, 0.1) is 5.92 Å². The van der Waals surface area contributed by atoms with Crippen molar-refractivity contribution in [3.63, 3.8) is 0 Å². The molecule has 1 aromatic rings. The van der Waals surface area contributed by atoms with Crippen molar-refractivity contribution in [3.8, 4) is 0 Å². The first-order valence-corrected chi connectivity index (χ1v) is 8.10. The molecular weight excluding hydrogens is 301 g/mol. The lowest BCUT2D eigenvalue weighted by atomic mass is 9.88. The molecule has 1 aromatic heterocycles. The summed E-state index contributed by atoms with van der Waals surface area (Å²) in [5.74, 6) is 1.12. The highest BCUT2D eigenvalue weighted by Gasteiger charge is 2.32. The van der Waals surface area contributed by atoms with E-state index in [2.05, 4.69) is 16.9 Å². The lowest BCUT2D eigenvalue weighted by molar-refractivity contribution is -0.141. The minimum atomic E-state index is -4.42. The van der Waals surface area contributed by atoms with Crippen molar-refractivity contribution in [3.05, 3.63) is 18.0 Å². The van der Waals surface area contributed by atoms with Gasteiger partial charge in [-0.15, -0.1) is 0 Å². The largest absolute Gasteiger partial charge is 0.433 e. The number of nitrogens with zero attached hydrogens (tertiary/aromatic N) is 2. The van der Waals surface area contributed by atoms with Gasteiger partial charge in [0.1, 0.15) is 5.69 Å². The van der Waals surface area contributed by atoms with Gasteiger partial charge in [0, 0.05) is 11.9 Å². The van der Waals surface area contributed by atoms with Crippen LogP contribution in [0.1, 0.15) is 38.3 Å². The third-order valence-electron chi connectivity index (χ3n) is 3.60. The van der Waals surface area contributed by atoms with Crippen molar-refractivity contribution in [1.82, 2.24) is 9.97 Å². The summed E-state index contributed by atoms with van der Waals surface area (Å²) in [4.78, 5) is 7.36. The van der Waals surface area contributed by atoms with Gasteiger partial charge in [-0.2, -0.15) is 13.2 Å². The van der Waals surface area contributed by atoms with Gasteiger partial charge in [-0.1, -0.05) is 31.5 Å². The van der Waals surface area contributed by atoms with Crippen LogP contribution in [0.4, 0.5) is 13.2 Å². The van der Waals surface area contributed by atoms with E-state index in [0.717, 1.165) is 18.7 Å². The van der Waals surface area contributed by atoms with E-state index >= 15 is 0 Å². The maximum Gasteiger partial charge on any atom is 0.433 e. The van der Waals surface area contributed by atoms with E-state index in [0.29, 0.717) is 18.3 Å². The Morgan fingerprint density at radius 3 is 2.81 bits per heavy atom. The smallest absolute Gasteiger partial charge is 0.377 e. The summed E-state index contributed by atoms with van der Waals surface area (Å²) in [6.45, 7) is 2.70. The molecule has 0 spiro atoms. The van der Waals surface area contributed by atoms with Crippen LogP contribution >= 0.6 is 11.8 Å². The molecule has 1 saturated carbocycles. The van der Waals surface area contributed by atoms with Crippen LogP contribution < -0.4 is 0 Å². The lowest BCUT2D eigenvalue weighted by Gasteiger charge is -2.28. The van der Waals surface area contributed by atoms with E-state index < -0.39 is 11.9 Å². The van der Waals surface area contributed by atoms with E-state index in [1.165, 1.54) is 31.0 Å². The molecule has 0 radical (unpaired) electrons. The number of aromatic nitrogens is 2. The monoisotopic (exact) mass is 320 g/mol. The fraction of sp³-hybridized carbons (Fsp3) is 0.714. The quantitative estimate of drug-likeness (QED) is 0.463. The Morgan fingerprint density at radius 1 is 1.33 bits per heavy atom. The van der Waals surface area contributed by atoms with Gasteiger partial charge < -0.3 is 4.74 Å². The van der Waals surface area contributed by atoms with Crippen molar-refractivity contribution in [2.24, 2.45) is 5.92 Å². The second-order valence-electron chi connectivity index (χ2n) is 5.24. The number of ether oxygens (including phenoxy) is 1. The van der Waals surface area contributed by atoms with Crippen LogP contribution in [0.2, 0.25) is 0 Å². The zero-order chi connectivity index (χ0) is 15.3. The summed E-state index contributed by atoms with van der Waals surface area (Å²) in [6.07, 6.45) is 1.71. The van der Waals surface area contributed by atoms with Gasteiger partial charge in [0.15, 0.2) is 5.16 Å². The molecule has 2 atom stereocenters. The predicted octanol–water partition coefficient (Wildman–Crippen LogP) is 4.18. The molecule has 3 nitrogen and oxygen atoms in total. The van der Waals surface area contributed by atoms with E-state index in [1.807, 2.05) is 0 Å². The summed E-state index contributed by atoms with van der Waals surface area (Å²) >= 11 is 1.19. The van der Waals surface area contributed by atoms with Crippen LogP contribution in [0.5, 0.6) is 0 Å². The standard InChI is InChI=1S/C14H19F3N2OS/c1-10-4-2-3-5-11(10)20-8-9-21-13-18-7-6-12(19-13)14(15,16)17/h6-7,10-11H,2-5,8-9H2,1H3. The predicted molar refractivity (Wildman–Crippen MR) is 75.1 cm³/mol. The van der Waals surface area contributed by atoms with E-state index in [-0.39, 0.29) is 11.3 Å². The van der Waals surface area contributed by atoms with E-state index in [4.69, 9.17) is 4.74 Å². The fourth-order valence-electron chi connectivity index (χ4n) is 2.43. The second-order valence-corrected chi connectivity index (χ2v) is 6.30. The number of thioether (sulfide) groups is 1. The van der Waals surface area contributed by atoms with Gasteiger partial charge in [0.05, 0.1) is 12.7 Å². The Hall–Kier alpha value is -0.820. The average Bonchev–Trinajstić information content (AvgIpc) is 2.45. The van der Waals surface area contributed by atoms with Gasteiger partial charge in [0.25, 0.3) is 0 Å². The third kappa shape index (κ3) is 5.14. The van der Waals surface area contributed by atoms with Crippen LogP contribution in [0.3, 0.4) is 0 Å². The van der Waals surface area contributed by atoms with Crippen LogP contribution in [-0.4, -0.2) is 28.4 Å². The number of alkyl halides is 3. The highest BCUT2D eigenvalue weighted by atomic mass is 32.2. The SMILES string of the molecule is CC1CCCCC1OCCSc1nccc(C(F)(F)F)n1. The first-order valence-electron chi connectivity index (χ1n) is 7.11. The topological polar surface area (TPSA) is 35.0 Å². The average molecular weight is 320 g/mol. The second kappa shape index (κ2) is 7.45. The van der Waals surface area contributed by atoms with Crippen LogP contribution in [-0.2, 0) is 10.9 Å². The Morgan fingerprint density at radius 2 is 2.10 bits per heavy atom. The van der Waals surface area contributed by atoms with Crippen molar-refractivity contribution < 1.29 is 17.9 Å². The zero-order valence-electron chi connectivity index (χ0n) is 11.9. The molecule has 2 rings (SSSR count). The molecule has 1 fully saturated rings. The van der Waals surface area contributed by atoms with Crippen molar-refractivity contribution >= 4 is 11.8 Å². The minimum Gasteiger partial charge on any atom is -0.377 e. The van der Waals surface area contributed by atoms with E-state index in [9.17, 15) is 13.2 Å². The molecule has 118 valence electrons. The van der Waals surface area contributed by atoms with Crippen LogP contribution in [0.25, 0.3) is 0 Å². The lowest BCUT2D eigenvalue weighted by Crippen LogP contribution is -2.26. The summed E-state index contributed by atoms with van der Waals surface area (Å²) in [5.41, 5.74) is -0.901. The molecule has 21 heavy (non-hydrogen) atoms. The van der Waals surface area contributed by atoms with Crippen molar-refractivity contribution in [2.75, 3.05) is 12.4 Å². The molecule has 0 bridgehead atoms. The van der Waals surface area contributed by atoms with Crippen LogP contribution in [0.15, 0.2) is 17.4 Å². The number of rotatable bonds is 5. The molecular formula is C14H19F3N2OS. The van der Waals surface area contributed by atoms with Gasteiger partial charge in [-0.3, -0.25) is 0 Å².